The highest BCUT2D eigenvalue weighted by atomic mass is 16.6. The molecule has 6 heteroatoms. The Kier molecular flexibility index (Phi) is 6.90. The van der Waals surface area contributed by atoms with Crippen molar-refractivity contribution in [1.29, 1.82) is 0 Å². The van der Waals surface area contributed by atoms with Gasteiger partial charge in [0, 0.05) is 45.3 Å². The van der Waals surface area contributed by atoms with E-state index < -0.39 is 5.60 Å². The third-order valence-corrected chi connectivity index (χ3v) is 3.72. The normalized spacial score (nSPS) is 24.0. The van der Waals surface area contributed by atoms with E-state index in [0.29, 0.717) is 12.6 Å². The van der Waals surface area contributed by atoms with Gasteiger partial charge in [-0.15, -0.1) is 0 Å². The number of carbonyl (C=O) groups excluding carboxylic acids is 1. The molecule has 1 amide bonds. The number of nitrogens with zero attached hydrogens (tertiary/aromatic N) is 3. The van der Waals surface area contributed by atoms with Crippen LogP contribution in [0.15, 0.2) is 0 Å². The summed E-state index contributed by atoms with van der Waals surface area (Å²) in [7, 11) is 6.41. The Hall–Kier alpha value is -0.850. The Morgan fingerprint density at radius 3 is 2.29 bits per heavy atom. The number of nitrogens with one attached hydrogen (secondary N) is 1. The lowest BCUT2D eigenvalue weighted by Crippen LogP contribution is -2.49. The van der Waals surface area contributed by atoms with Crippen molar-refractivity contribution in [3.05, 3.63) is 0 Å². The van der Waals surface area contributed by atoms with Gasteiger partial charge in [0.2, 0.25) is 0 Å². The van der Waals surface area contributed by atoms with E-state index in [1.807, 2.05) is 20.8 Å². The lowest BCUT2D eigenvalue weighted by atomic mass is 10.2. The van der Waals surface area contributed by atoms with Gasteiger partial charge in [0.15, 0.2) is 0 Å². The van der Waals surface area contributed by atoms with Crippen molar-refractivity contribution < 1.29 is 9.53 Å². The minimum Gasteiger partial charge on any atom is -0.444 e. The van der Waals surface area contributed by atoms with E-state index in [2.05, 4.69) is 41.2 Å². The summed E-state index contributed by atoms with van der Waals surface area (Å²) in [5, 5.41) is 2.90. The topological polar surface area (TPSA) is 48.1 Å². The van der Waals surface area contributed by atoms with Crippen molar-refractivity contribution in [3.63, 3.8) is 0 Å². The molecule has 1 aliphatic rings. The summed E-state index contributed by atoms with van der Waals surface area (Å²) in [6.45, 7) is 11.4. The van der Waals surface area contributed by atoms with Gasteiger partial charge in [-0.1, -0.05) is 0 Å². The molecule has 0 bridgehead atoms. The second kappa shape index (κ2) is 7.96. The minimum absolute atomic E-state index is 0.300. The van der Waals surface area contributed by atoms with Gasteiger partial charge in [-0.2, -0.15) is 0 Å². The Bertz CT molecular complexity index is 330. The monoisotopic (exact) mass is 300 g/mol. The van der Waals surface area contributed by atoms with Crippen molar-refractivity contribution in [2.45, 2.75) is 32.4 Å². The van der Waals surface area contributed by atoms with Crippen molar-refractivity contribution in [2.75, 3.05) is 60.4 Å². The first-order valence-corrected chi connectivity index (χ1v) is 7.71. The Labute approximate surface area is 129 Å². The second-order valence-corrected chi connectivity index (χ2v) is 7.08. The first-order valence-electron chi connectivity index (χ1n) is 7.71. The molecule has 0 saturated carbocycles. The summed E-state index contributed by atoms with van der Waals surface area (Å²) in [6.07, 6.45) is -0.337. The smallest absolute Gasteiger partial charge is 0.407 e. The maximum atomic E-state index is 11.8. The van der Waals surface area contributed by atoms with Crippen LogP contribution in [0.4, 0.5) is 4.79 Å². The van der Waals surface area contributed by atoms with Crippen LogP contribution in [0, 0.1) is 0 Å². The lowest BCUT2D eigenvalue weighted by molar-refractivity contribution is 0.0506. The summed E-state index contributed by atoms with van der Waals surface area (Å²) >= 11 is 0. The quantitative estimate of drug-likeness (QED) is 0.813. The van der Waals surface area contributed by atoms with E-state index in [0.717, 1.165) is 32.7 Å². The van der Waals surface area contributed by atoms with Crippen LogP contribution in [0.25, 0.3) is 0 Å². The molecule has 1 saturated heterocycles. The molecular formula is C15H32N4O2. The van der Waals surface area contributed by atoms with Crippen LogP contribution in [-0.4, -0.2) is 92.8 Å². The molecule has 1 heterocycles. The van der Waals surface area contributed by atoms with Gasteiger partial charge < -0.3 is 19.9 Å². The standard InChI is InChI=1S/C15H32N4O2/c1-15(2,3)21-14(20)16-11-13-12-18(5)8-7-17(4)9-10-19(13)6/h13H,7-12H2,1-6H3,(H,16,20). The first kappa shape index (κ1) is 18.2. The van der Waals surface area contributed by atoms with Crippen LogP contribution < -0.4 is 5.32 Å². The fourth-order valence-corrected chi connectivity index (χ4v) is 2.29. The SMILES string of the molecule is CN1CCN(C)CC(CNC(=O)OC(C)(C)C)N(C)CC1. The van der Waals surface area contributed by atoms with Gasteiger partial charge in [0.05, 0.1) is 0 Å². The molecule has 1 N–H and O–H groups in total. The number of carbonyl (C=O) groups is 1. The van der Waals surface area contributed by atoms with Crippen LogP contribution in [0.3, 0.4) is 0 Å². The third-order valence-electron chi connectivity index (χ3n) is 3.72. The third kappa shape index (κ3) is 7.64. The van der Waals surface area contributed by atoms with Crippen LogP contribution >= 0.6 is 0 Å². The highest BCUT2D eigenvalue weighted by molar-refractivity contribution is 5.67. The number of hydrogen-bond donors (Lipinski definition) is 1. The van der Waals surface area contributed by atoms with Crippen molar-refractivity contribution >= 4 is 6.09 Å². The van der Waals surface area contributed by atoms with Crippen molar-refractivity contribution in [1.82, 2.24) is 20.0 Å². The van der Waals surface area contributed by atoms with Crippen molar-refractivity contribution in [2.24, 2.45) is 0 Å². The Morgan fingerprint density at radius 1 is 1.10 bits per heavy atom. The zero-order chi connectivity index (χ0) is 16.0. The maximum Gasteiger partial charge on any atom is 0.407 e. The molecule has 0 aromatic carbocycles. The summed E-state index contributed by atoms with van der Waals surface area (Å²) in [4.78, 5) is 18.8. The van der Waals surface area contributed by atoms with Gasteiger partial charge in [-0.05, 0) is 41.9 Å². The molecule has 0 spiro atoms. The number of hydrogen-bond acceptors (Lipinski definition) is 5. The average molecular weight is 300 g/mol. The van der Waals surface area contributed by atoms with Crippen LogP contribution in [0.5, 0.6) is 0 Å². The zero-order valence-electron chi connectivity index (χ0n) is 14.5. The Morgan fingerprint density at radius 2 is 1.67 bits per heavy atom. The Balaban J connectivity index is 2.51. The van der Waals surface area contributed by atoms with Gasteiger partial charge in [0.1, 0.15) is 5.60 Å². The van der Waals surface area contributed by atoms with Crippen LogP contribution in [0.1, 0.15) is 20.8 Å². The molecular weight excluding hydrogens is 268 g/mol. The summed E-state index contributed by atoms with van der Waals surface area (Å²) < 4.78 is 5.30. The summed E-state index contributed by atoms with van der Waals surface area (Å²) in [5.41, 5.74) is -0.450. The second-order valence-electron chi connectivity index (χ2n) is 7.08. The average Bonchev–Trinajstić information content (AvgIpc) is 2.40. The van der Waals surface area contributed by atoms with E-state index >= 15 is 0 Å². The van der Waals surface area contributed by atoms with Crippen LogP contribution in [-0.2, 0) is 4.74 Å². The molecule has 6 nitrogen and oxygen atoms in total. The largest absolute Gasteiger partial charge is 0.444 e. The molecule has 1 fully saturated rings. The molecule has 1 rings (SSSR count). The molecule has 0 aromatic heterocycles. The molecule has 0 aromatic rings. The predicted molar refractivity (Wildman–Crippen MR) is 85.6 cm³/mol. The molecule has 21 heavy (non-hydrogen) atoms. The number of ether oxygens (including phenoxy) is 1. The number of amides is 1. The van der Waals surface area contributed by atoms with Crippen molar-refractivity contribution in [3.8, 4) is 0 Å². The van der Waals surface area contributed by atoms with Gasteiger partial charge in [0.25, 0.3) is 0 Å². The molecule has 0 radical (unpaired) electrons. The van der Waals surface area contributed by atoms with Gasteiger partial charge in [-0.25, -0.2) is 4.79 Å². The minimum atomic E-state index is -0.450. The van der Waals surface area contributed by atoms with E-state index in [4.69, 9.17) is 4.74 Å². The predicted octanol–water partition coefficient (Wildman–Crippen LogP) is 0.689. The van der Waals surface area contributed by atoms with E-state index in [1.165, 1.54) is 0 Å². The molecule has 124 valence electrons. The number of likely N-dealkylation sites (N-methyl/N-ethyl adjacent to an activating group) is 3. The first-order chi connectivity index (χ1) is 9.67. The highest BCUT2D eigenvalue weighted by Gasteiger charge is 2.22. The maximum absolute atomic E-state index is 11.8. The molecule has 1 atom stereocenters. The lowest BCUT2D eigenvalue weighted by Gasteiger charge is -2.31. The van der Waals surface area contributed by atoms with Gasteiger partial charge in [-0.3, -0.25) is 4.90 Å². The van der Waals surface area contributed by atoms with E-state index in [1.54, 1.807) is 0 Å². The summed E-state index contributed by atoms with van der Waals surface area (Å²) in [5.74, 6) is 0. The number of alkyl carbamates (subject to hydrolysis) is 1. The highest BCUT2D eigenvalue weighted by Crippen LogP contribution is 2.07. The van der Waals surface area contributed by atoms with Crippen LogP contribution in [0.2, 0.25) is 0 Å². The molecule has 1 aliphatic heterocycles. The summed E-state index contributed by atoms with van der Waals surface area (Å²) in [6, 6.07) is 0.300. The zero-order valence-corrected chi connectivity index (χ0v) is 14.5. The fraction of sp³-hybridized carbons (Fsp3) is 0.933. The molecule has 1 unspecified atom stereocenters. The fourth-order valence-electron chi connectivity index (χ4n) is 2.29. The van der Waals surface area contributed by atoms with Gasteiger partial charge >= 0.3 is 6.09 Å². The van der Waals surface area contributed by atoms with E-state index in [-0.39, 0.29) is 6.09 Å². The molecule has 0 aliphatic carbocycles. The number of rotatable bonds is 2. The van der Waals surface area contributed by atoms with E-state index in [9.17, 15) is 4.79 Å².